The van der Waals surface area contributed by atoms with Crippen molar-refractivity contribution in [3.8, 4) is 10.6 Å². The first kappa shape index (κ1) is 10.8. The lowest BCUT2D eigenvalue weighted by atomic mass is 10.1. The average Bonchev–Trinajstić information content (AvgIpc) is 2.81. The van der Waals surface area contributed by atoms with E-state index >= 15 is 0 Å². The monoisotopic (exact) mass is 233 g/mol. The molecule has 1 aromatic carbocycles. The summed E-state index contributed by atoms with van der Waals surface area (Å²) in [4.78, 5) is 15.6. The smallest absolute Gasteiger partial charge is 0.338 e. The summed E-state index contributed by atoms with van der Waals surface area (Å²) in [6.07, 6.45) is 1.77. The number of benzene rings is 1. The van der Waals surface area contributed by atoms with Crippen LogP contribution in [0.2, 0.25) is 0 Å². The Hall–Kier alpha value is -1.68. The molecule has 0 aliphatic carbocycles. The number of carbonyl (C=O) groups is 1. The predicted molar refractivity (Wildman–Crippen MR) is 63.6 cm³/mol. The van der Waals surface area contributed by atoms with Crippen molar-refractivity contribution in [3.63, 3.8) is 0 Å². The molecule has 0 unspecified atom stereocenters. The van der Waals surface area contributed by atoms with Crippen LogP contribution in [-0.4, -0.2) is 18.1 Å². The number of aromatic nitrogens is 1. The van der Waals surface area contributed by atoms with Crippen molar-refractivity contribution in [2.45, 2.75) is 6.92 Å². The minimum atomic E-state index is -0.303. The van der Waals surface area contributed by atoms with Crippen LogP contribution in [0.5, 0.6) is 0 Å². The number of hydrogen-bond donors (Lipinski definition) is 0. The second kappa shape index (κ2) is 4.45. The molecule has 1 aromatic heterocycles. The van der Waals surface area contributed by atoms with Gasteiger partial charge in [0.25, 0.3) is 0 Å². The Morgan fingerprint density at radius 1 is 1.44 bits per heavy atom. The molecule has 0 spiro atoms. The highest BCUT2D eigenvalue weighted by Gasteiger charge is 2.10. The molecule has 3 nitrogen and oxygen atoms in total. The molecule has 0 aliphatic heterocycles. The van der Waals surface area contributed by atoms with E-state index in [2.05, 4.69) is 4.98 Å². The van der Waals surface area contributed by atoms with Gasteiger partial charge in [-0.1, -0.05) is 6.07 Å². The summed E-state index contributed by atoms with van der Waals surface area (Å²) in [5.74, 6) is -0.303. The average molecular weight is 233 g/mol. The third-order valence-electron chi connectivity index (χ3n) is 2.31. The Balaban J connectivity index is 2.41. The van der Waals surface area contributed by atoms with Crippen LogP contribution in [0.1, 0.15) is 15.9 Å². The van der Waals surface area contributed by atoms with E-state index in [1.807, 2.05) is 24.4 Å². The SMILES string of the molecule is COC(=O)c1ccc(-c2nccs2)cc1C. The van der Waals surface area contributed by atoms with Gasteiger partial charge in [0.1, 0.15) is 5.01 Å². The number of methoxy groups -OCH3 is 1. The zero-order chi connectivity index (χ0) is 11.5. The first-order valence-corrected chi connectivity index (χ1v) is 5.69. The molecule has 0 aliphatic rings. The number of carbonyl (C=O) groups excluding carboxylic acids is 1. The standard InChI is InChI=1S/C12H11NO2S/c1-8-7-9(11-13-5-6-16-11)3-4-10(8)12(14)15-2/h3-7H,1-2H3. The van der Waals surface area contributed by atoms with Crippen LogP contribution >= 0.6 is 11.3 Å². The van der Waals surface area contributed by atoms with E-state index < -0.39 is 0 Å². The van der Waals surface area contributed by atoms with Gasteiger partial charge in [0.15, 0.2) is 0 Å². The molecule has 2 aromatic rings. The van der Waals surface area contributed by atoms with Crippen molar-refractivity contribution >= 4 is 17.3 Å². The summed E-state index contributed by atoms with van der Waals surface area (Å²) in [5, 5.41) is 2.89. The molecule has 0 radical (unpaired) electrons. The van der Waals surface area contributed by atoms with Gasteiger partial charge in [0.05, 0.1) is 12.7 Å². The quantitative estimate of drug-likeness (QED) is 0.749. The lowest BCUT2D eigenvalue weighted by Crippen LogP contribution is -2.03. The molecule has 4 heteroatoms. The summed E-state index contributed by atoms with van der Waals surface area (Å²) < 4.78 is 4.70. The third kappa shape index (κ3) is 1.97. The first-order chi connectivity index (χ1) is 7.72. The van der Waals surface area contributed by atoms with Crippen molar-refractivity contribution in [1.82, 2.24) is 4.98 Å². The van der Waals surface area contributed by atoms with Gasteiger partial charge < -0.3 is 4.74 Å². The number of rotatable bonds is 2. The van der Waals surface area contributed by atoms with Crippen molar-refractivity contribution in [2.75, 3.05) is 7.11 Å². The molecule has 0 saturated heterocycles. The van der Waals surface area contributed by atoms with Crippen LogP contribution in [0.15, 0.2) is 29.8 Å². The molecule has 16 heavy (non-hydrogen) atoms. The van der Waals surface area contributed by atoms with E-state index in [1.54, 1.807) is 23.6 Å². The second-order valence-electron chi connectivity index (χ2n) is 3.36. The zero-order valence-corrected chi connectivity index (χ0v) is 9.88. The van der Waals surface area contributed by atoms with Gasteiger partial charge in [0.2, 0.25) is 0 Å². The number of thiazole rings is 1. The van der Waals surface area contributed by atoms with E-state index in [0.29, 0.717) is 5.56 Å². The predicted octanol–water partition coefficient (Wildman–Crippen LogP) is 2.91. The summed E-state index contributed by atoms with van der Waals surface area (Å²) in [6.45, 7) is 1.89. The minimum Gasteiger partial charge on any atom is -0.465 e. The van der Waals surface area contributed by atoms with Crippen LogP contribution < -0.4 is 0 Å². The van der Waals surface area contributed by atoms with Gasteiger partial charge in [0, 0.05) is 17.1 Å². The molecule has 2 rings (SSSR count). The van der Waals surface area contributed by atoms with E-state index in [9.17, 15) is 4.79 Å². The maximum absolute atomic E-state index is 11.4. The Bertz CT molecular complexity index is 506. The largest absolute Gasteiger partial charge is 0.465 e. The molecule has 0 saturated carbocycles. The molecule has 0 N–H and O–H groups in total. The van der Waals surface area contributed by atoms with Crippen molar-refractivity contribution in [2.24, 2.45) is 0 Å². The molecule has 82 valence electrons. The maximum Gasteiger partial charge on any atom is 0.338 e. The number of hydrogen-bond acceptors (Lipinski definition) is 4. The highest BCUT2D eigenvalue weighted by molar-refractivity contribution is 7.13. The lowest BCUT2D eigenvalue weighted by Gasteiger charge is -2.05. The molecule has 0 bridgehead atoms. The fourth-order valence-corrected chi connectivity index (χ4v) is 2.14. The minimum absolute atomic E-state index is 0.303. The second-order valence-corrected chi connectivity index (χ2v) is 4.25. The topological polar surface area (TPSA) is 39.2 Å². The Labute approximate surface area is 97.7 Å². The van der Waals surface area contributed by atoms with Crippen LogP contribution in [0.25, 0.3) is 10.6 Å². The molecule has 0 atom stereocenters. The van der Waals surface area contributed by atoms with Crippen LogP contribution in [0.3, 0.4) is 0 Å². The Morgan fingerprint density at radius 2 is 2.25 bits per heavy atom. The molecular weight excluding hydrogens is 222 g/mol. The number of nitrogens with zero attached hydrogens (tertiary/aromatic N) is 1. The summed E-state index contributed by atoms with van der Waals surface area (Å²) in [6, 6.07) is 5.61. The Kier molecular flexibility index (Phi) is 3.01. The lowest BCUT2D eigenvalue weighted by molar-refractivity contribution is 0.0600. The fraction of sp³-hybridized carbons (Fsp3) is 0.167. The fourth-order valence-electron chi connectivity index (χ4n) is 1.50. The molecular formula is C12H11NO2S. The van der Waals surface area contributed by atoms with Crippen molar-refractivity contribution < 1.29 is 9.53 Å². The van der Waals surface area contributed by atoms with E-state index in [4.69, 9.17) is 4.74 Å². The van der Waals surface area contributed by atoms with E-state index in [0.717, 1.165) is 16.1 Å². The van der Waals surface area contributed by atoms with Gasteiger partial charge >= 0.3 is 5.97 Å². The summed E-state index contributed by atoms with van der Waals surface area (Å²) in [7, 11) is 1.39. The molecule has 0 fully saturated rings. The normalized spacial score (nSPS) is 10.1. The van der Waals surface area contributed by atoms with Crippen LogP contribution in [0.4, 0.5) is 0 Å². The van der Waals surface area contributed by atoms with Gasteiger partial charge in [-0.25, -0.2) is 9.78 Å². The van der Waals surface area contributed by atoms with E-state index in [1.165, 1.54) is 7.11 Å². The van der Waals surface area contributed by atoms with E-state index in [-0.39, 0.29) is 5.97 Å². The van der Waals surface area contributed by atoms with Crippen LogP contribution in [-0.2, 0) is 4.74 Å². The van der Waals surface area contributed by atoms with Gasteiger partial charge in [-0.05, 0) is 24.6 Å². The first-order valence-electron chi connectivity index (χ1n) is 4.81. The highest BCUT2D eigenvalue weighted by Crippen LogP contribution is 2.24. The van der Waals surface area contributed by atoms with Crippen LogP contribution in [0, 0.1) is 6.92 Å². The number of ether oxygens (including phenoxy) is 1. The third-order valence-corrected chi connectivity index (χ3v) is 3.13. The maximum atomic E-state index is 11.4. The number of aryl methyl sites for hydroxylation is 1. The number of esters is 1. The summed E-state index contributed by atoms with van der Waals surface area (Å²) >= 11 is 1.58. The molecule has 1 heterocycles. The Morgan fingerprint density at radius 3 is 2.81 bits per heavy atom. The van der Waals surface area contributed by atoms with Crippen molar-refractivity contribution in [1.29, 1.82) is 0 Å². The zero-order valence-electron chi connectivity index (χ0n) is 9.06. The molecule has 0 amide bonds. The summed E-state index contributed by atoms with van der Waals surface area (Å²) in [5.41, 5.74) is 2.53. The van der Waals surface area contributed by atoms with Crippen molar-refractivity contribution in [3.05, 3.63) is 40.9 Å². The van der Waals surface area contributed by atoms with Gasteiger partial charge in [-0.15, -0.1) is 11.3 Å². The van der Waals surface area contributed by atoms with Gasteiger partial charge in [-0.2, -0.15) is 0 Å². The van der Waals surface area contributed by atoms with Gasteiger partial charge in [-0.3, -0.25) is 0 Å². The highest BCUT2D eigenvalue weighted by atomic mass is 32.1.